The number of carbonyl (C=O) groups excluding carboxylic acids is 2. The maximum Gasteiger partial charge on any atom is 0.313 e. The number of halogens is 1. The summed E-state index contributed by atoms with van der Waals surface area (Å²) in [7, 11) is 0. The largest absolute Gasteiger partial charge is 0.372 e. The van der Waals surface area contributed by atoms with Crippen molar-refractivity contribution >= 4 is 34.8 Å². The number of anilines is 2. The molecule has 0 aliphatic carbocycles. The highest BCUT2D eigenvalue weighted by Crippen LogP contribution is 2.21. The van der Waals surface area contributed by atoms with Gasteiger partial charge in [0.25, 0.3) is 0 Å². The smallest absolute Gasteiger partial charge is 0.313 e. The first-order chi connectivity index (χ1) is 14.5. The number of nitrogens with one attached hydrogen (secondary N) is 2. The molecule has 1 saturated heterocycles. The topological polar surface area (TPSA) is 61.4 Å². The quantitative estimate of drug-likeness (QED) is 0.518. The summed E-state index contributed by atoms with van der Waals surface area (Å²) in [6.07, 6.45) is 6.83. The Hall–Kier alpha value is -2.53. The van der Waals surface area contributed by atoms with Crippen molar-refractivity contribution < 1.29 is 9.59 Å². The van der Waals surface area contributed by atoms with Crippen molar-refractivity contribution in [3.05, 3.63) is 58.6 Å². The van der Waals surface area contributed by atoms with Gasteiger partial charge in [-0.05, 0) is 68.0 Å². The van der Waals surface area contributed by atoms with Gasteiger partial charge in [0.1, 0.15) is 0 Å². The van der Waals surface area contributed by atoms with Gasteiger partial charge in [-0.1, -0.05) is 42.6 Å². The molecule has 5 nitrogen and oxygen atoms in total. The van der Waals surface area contributed by atoms with Gasteiger partial charge in [-0.3, -0.25) is 9.59 Å². The standard InChI is InChI=1S/C24H30ClN3O2/c1-18-8-11-20(25)17-22(18)27-24(30)23(29)26-14-6-7-19-9-12-21(13-10-19)28-15-4-2-3-5-16-28/h8-13,17H,2-7,14-16H2,1H3,(H,26,29)(H,27,30). The summed E-state index contributed by atoms with van der Waals surface area (Å²) in [5.74, 6) is -1.31. The molecule has 0 bridgehead atoms. The highest BCUT2D eigenvalue weighted by molar-refractivity contribution is 6.40. The predicted molar refractivity (Wildman–Crippen MR) is 123 cm³/mol. The van der Waals surface area contributed by atoms with Crippen molar-refractivity contribution in [2.45, 2.75) is 45.4 Å². The summed E-state index contributed by atoms with van der Waals surface area (Å²) in [6, 6.07) is 13.9. The fourth-order valence-corrected chi connectivity index (χ4v) is 3.86. The lowest BCUT2D eigenvalue weighted by Gasteiger charge is -2.22. The molecule has 0 atom stereocenters. The van der Waals surface area contributed by atoms with Crippen molar-refractivity contribution in [1.82, 2.24) is 5.32 Å². The Bertz CT molecular complexity index is 859. The molecule has 2 amide bonds. The van der Waals surface area contributed by atoms with Crippen LogP contribution >= 0.6 is 11.6 Å². The maximum absolute atomic E-state index is 12.1. The molecule has 1 fully saturated rings. The van der Waals surface area contributed by atoms with E-state index in [-0.39, 0.29) is 0 Å². The van der Waals surface area contributed by atoms with Crippen LogP contribution in [0.1, 0.15) is 43.2 Å². The summed E-state index contributed by atoms with van der Waals surface area (Å²) in [4.78, 5) is 26.6. The van der Waals surface area contributed by atoms with Crippen molar-refractivity contribution in [1.29, 1.82) is 0 Å². The van der Waals surface area contributed by atoms with Gasteiger partial charge in [0, 0.05) is 36.0 Å². The Kier molecular flexibility index (Phi) is 8.14. The summed E-state index contributed by atoms with van der Waals surface area (Å²) in [6.45, 7) is 4.58. The van der Waals surface area contributed by atoms with Crippen molar-refractivity contribution in [3.63, 3.8) is 0 Å². The molecule has 1 heterocycles. The minimum absolute atomic E-state index is 0.453. The fraction of sp³-hybridized carbons (Fsp3) is 0.417. The average molecular weight is 428 g/mol. The van der Waals surface area contributed by atoms with E-state index in [0.29, 0.717) is 17.3 Å². The average Bonchev–Trinajstić information content (AvgIpc) is 3.03. The zero-order chi connectivity index (χ0) is 21.3. The van der Waals surface area contributed by atoms with Gasteiger partial charge in [-0.15, -0.1) is 0 Å². The molecule has 2 aromatic carbocycles. The third-order valence-corrected chi connectivity index (χ3v) is 5.72. The zero-order valence-corrected chi connectivity index (χ0v) is 18.3. The Balaban J connectivity index is 1.40. The van der Waals surface area contributed by atoms with Gasteiger partial charge in [0.2, 0.25) is 0 Å². The number of amides is 2. The Morgan fingerprint density at radius 2 is 1.67 bits per heavy atom. The number of hydrogen-bond acceptors (Lipinski definition) is 3. The van der Waals surface area contributed by atoms with Gasteiger partial charge in [-0.25, -0.2) is 0 Å². The number of hydrogen-bond donors (Lipinski definition) is 2. The molecule has 160 valence electrons. The third-order valence-electron chi connectivity index (χ3n) is 5.49. The number of carbonyl (C=O) groups is 2. The second-order valence-electron chi connectivity index (χ2n) is 7.84. The van der Waals surface area contributed by atoms with E-state index >= 15 is 0 Å². The lowest BCUT2D eigenvalue weighted by Crippen LogP contribution is -2.36. The molecular weight excluding hydrogens is 398 g/mol. The molecular formula is C24H30ClN3O2. The minimum atomic E-state index is -0.679. The molecule has 0 spiro atoms. The van der Waals surface area contributed by atoms with Gasteiger partial charge < -0.3 is 15.5 Å². The summed E-state index contributed by atoms with van der Waals surface area (Å²) < 4.78 is 0. The molecule has 0 unspecified atom stereocenters. The van der Waals surface area contributed by atoms with Crippen LogP contribution in [-0.2, 0) is 16.0 Å². The van der Waals surface area contributed by atoms with Crippen molar-refractivity contribution in [2.24, 2.45) is 0 Å². The summed E-state index contributed by atoms with van der Waals surface area (Å²) in [5, 5.41) is 5.81. The first-order valence-corrected chi connectivity index (χ1v) is 11.1. The molecule has 0 radical (unpaired) electrons. The van der Waals surface area contributed by atoms with E-state index < -0.39 is 11.8 Å². The summed E-state index contributed by atoms with van der Waals surface area (Å²) in [5.41, 5.74) is 3.93. The van der Waals surface area contributed by atoms with Gasteiger partial charge in [-0.2, -0.15) is 0 Å². The SMILES string of the molecule is Cc1ccc(Cl)cc1NC(=O)C(=O)NCCCc1ccc(N2CCCCCC2)cc1. The van der Waals surface area contributed by atoms with Gasteiger partial charge in [0.15, 0.2) is 0 Å². The van der Waals surface area contributed by atoms with Crippen LogP contribution in [0.4, 0.5) is 11.4 Å². The van der Waals surface area contributed by atoms with Crippen LogP contribution in [0.25, 0.3) is 0 Å². The van der Waals surface area contributed by atoms with Crippen LogP contribution in [0.2, 0.25) is 5.02 Å². The Labute approximate surface area is 183 Å². The van der Waals surface area contributed by atoms with E-state index in [1.807, 2.05) is 6.92 Å². The van der Waals surface area contributed by atoms with E-state index in [2.05, 4.69) is 39.8 Å². The predicted octanol–water partition coefficient (Wildman–Crippen LogP) is 4.72. The molecule has 0 aromatic heterocycles. The Morgan fingerprint density at radius 3 is 2.37 bits per heavy atom. The van der Waals surface area contributed by atoms with E-state index in [0.717, 1.165) is 31.5 Å². The number of nitrogens with zero attached hydrogens (tertiary/aromatic N) is 1. The van der Waals surface area contributed by atoms with Crippen molar-refractivity contribution in [2.75, 3.05) is 29.9 Å². The van der Waals surface area contributed by atoms with Crippen LogP contribution < -0.4 is 15.5 Å². The first kappa shape index (κ1) is 22.2. The minimum Gasteiger partial charge on any atom is -0.372 e. The Morgan fingerprint density at radius 1 is 0.967 bits per heavy atom. The lowest BCUT2D eigenvalue weighted by molar-refractivity contribution is -0.136. The lowest BCUT2D eigenvalue weighted by atomic mass is 10.1. The molecule has 2 N–H and O–H groups in total. The number of rotatable bonds is 6. The normalized spacial score (nSPS) is 14.1. The number of benzene rings is 2. The van der Waals surface area contributed by atoms with Crippen LogP contribution in [0.3, 0.4) is 0 Å². The first-order valence-electron chi connectivity index (χ1n) is 10.7. The van der Waals surface area contributed by atoms with Crippen LogP contribution in [0.5, 0.6) is 0 Å². The van der Waals surface area contributed by atoms with Gasteiger partial charge >= 0.3 is 11.8 Å². The second-order valence-corrected chi connectivity index (χ2v) is 8.28. The van der Waals surface area contributed by atoms with Crippen LogP contribution in [0, 0.1) is 6.92 Å². The third kappa shape index (κ3) is 6.49. The van der Waals surface area contributed by atoms with E-state index in [1.165, 1.54) is 36.9 Å². The number of aryl methyl sites for hydroxylation is 2. The molecule has 6 heteroatoms. The van der Waals surface area contributed by atoms with Crippen LogP contribution in [-0.4, -0.2) is 31.4 Å². The molecule has 30 heavy (non-hydrogen) atoms. The van der Waals surface area contributed by atoms with Gasteiger partial charge in [0.05, 0.1) is 0 Å². The zero-order valence-electron chi connectivity index (χ0n) is 17.5. The molecule has 1 aliphatic rings. The highest BCUT2D eigenvalue weighted by atomic mass is 35.5. The maximum atomic E-state index is 12.1. The van der Waals surface area contributed by atoms with E-state index in [9.17, 15) is 9.59 Å². The monoisotopic (exact) mass is 427 g/mol. The van der Waals surface area contributed by atoms with Crippen LogP contribution in [0.15, 0.2) is 42.5 Å². The van der Waals surface area contributed by atoms with E-state index in [4.69, 9.17) is 11.6 Å². The fourth-order valence-electron chi connectivity index (χ4n) is 3.68. The summed E-state index contributed by atoms with van der Waals surface area (Å²) >= 11 is 5.95. The molecule has 3 rings (SSSR count). The molecule has 2 aromatic rings. The highest BCUT2D eigenvalue weighted by Gasteiger charge is 2.14. The molecule has 1 aliphatic heterocycles. The van der Waals surface area contributed by atoms with Crippen molar-refractivity contribution in [3.8, 4) is 0 Å². The van der Waals surface area contributed by atoms with E-state index in [1.54, 1.807) is 18.2 Å². The molecule has 0 saturated carbocycles. The second kappa shape index (κ2) is 11.0.